The van der Waals surface area contributed by atoms with Crippen molar-refractivity contribution in [1.82, 2.24) is 4.98 Å². The minimum atomic E-state index is -1.09. The molecule has 4 aliphatic rings. The van der Waals surface area contributed by atoms with Crippen LogP contribution in [0, 0.1) is 23.2 Å². The van der Waals surface area contributed by atoms with E-state index in [2.05, 4.69) is 36.2 Å². The lowest BCUT2D eigenvalue weighted by molar-refractivity contribution is -0.228. The molecule has 6 unspecified atom stereocenters. The van der Waals surface area contributed by atoms with E-state index in [0.29, 0.717) is 36.9 Å². The number of nitrogens with zero attached hydrogens (tertiary/aromatic N) is 1. The van der Waals surface area contributed by atoms with Crippen LogP contribution in [-0.2, 0) is 0 Å². The molecule has 5 heteroatoms. The van der Waals surface area contributed by atoms with Crippen molar-refractivity contribution in [1.29, 1.82) is 0 Å². The summed E-state index contributed by atoms with van der Waals surface area (Å²) in [6.07, 6.45) is 10.9. The van der Waals surface area contributed by atoms with Crippen molar-refractivity contribution in [3.8, 4) is 0 Å². The zero-order valence-corrected chi connectivity index (χ0v) is 19.5. The average Bonchev–Trinajstić information content (AvgIpc) is 3.09. The summed E-state index contributed by atoms with van der Waals surface area (Å²) in [6, 6.07) is 8.38. The third-order valence-electron chi connectivity index (χ3n) is 10.1. The smallest absolute Gasteiger partial charge is 0.131 e. The van der Waals surface area contributed by atoms with E-state index in [0.717, 1.165) is 49.3 Å². The largest absolute Gasteiger partial charge is 0.393 e. The molecule has 33 heavy (non-hydrogen) atoms. The number of nitrogen functional groups attached to an aromatic ring is 1. The van der Waals surface area contributed by atoms with Crippen LogP contribution in [0.15, 0.2) is 36.5 Å². The first-order valence-electron chi connectivity index (χ1n) is 12.7. The highest BCUT2D eigenvalue weighted by molar-refractivity contribution is 5.93. The highest BCUT2D eigenvalue weighted by Gasteiger charge is 2.65. The quantitative estimate of drug-likeness (QED) is 0.517. The molecule has 5 nitrogen and oxygen atoms in total. The molecule has 5 N–H and O–H groups in total. The zero-order chi connectivity index (χ0) is 23.0. The van der Waals surface area contributed by atoms with Crippen LogP contribution in [-0.4, -0.2) is 37.6 Å². The number of rotatable bonds is 1. The van der Waals surface area contributed by atoms with Gasteiger partial charge in [0.25, 0.3) is 0 Å². The molecular weight excluding hydrogens is 412 g/mol. The van der Waals surface area contributed by atoms with Crippen molar-refractivity contribution < 1.29 is 15.3 Å². The van der Waals surface area contributed by atoms with Gasteiger partial charge in [0.2, 0.25) is 0 Å². The number of hydrogen-bond donors (Lipinski definition) is 4. The molecule has 2 aromatic rings. The average molecular weight is 449 g/mol. The molecule has 6 rings (SSSR count). The fourth-order valence-corrected chi connectivity index (χ4v) is 8.23. The Morgan fingerprint density at radius 2 is 1.88 bits per heavy atom. The molecule has 3 fully saturated rings. The van der Waals surface area contributed by atoms with E-state index in [4.69, 9.17) is 5.73 Å². The van der Waals surface area contributed by atoms with Gasteiger partial charge in [-0.05, 0) is 104 Å². The predicted molar refractivity (Wildman–Crippen MR) is 130 cm³/mol. The minimum Gasteiger partial charge on any atom is -0.393 e. The lowest BCUT2D eigenvalue weighted by Gasteiger charge is -2.57. The second-order valence-electron chi connectivity index (χ2n) is 11.6. The number of aliphatic hydroxyl groups is 3. The Hall–Kier alpha value is -1.95. The van der Waals surface area contributed by atoms with Crippen LogP contribution in [0.25, 0.3) is 16.3 Å². The number of hydrogen-bond acceptors (Lipinski definition) is 5. The zero-order valence-electron chi connectivity index (χ0n) is 19.5. The second kappa shape index (κ2) is 7.27. The SMILES string of the molecule is CC12CCC3(O)CC4CC(O)CCC4CC[C@]3(O)C1CC=C2c1ccc2c(N)nccc2c1. The molecule has 1 aromatic heterocycles. The molecule has 0 aliphatic heterocycles. The highest BCUT2D eigenvalue weighted by Crippen LogP contribution is 2.65. The van der Waals surface area contributed by atoms with Gasteiger partial charge in [-0.1, -0.05) is 25.1 Å². The molecule has 1 heterocycles. The number of aliphatic hydroxyl groups excluding tert-OH is 1. The number of aromatic nitrogens is 1. The molecule has 0 radical (unpaired) electrons. The maximum Gasteiger partial charge on any atom is 0.131 e. The molecular formula is C28H36N2O3. The normalized spacial score (nSPS) is 42.7. The van der Waals surface area contributed by atoms with Crippen molar-refractivity contribution >= 4 is 22.2 Å². The lowest BCUT2D eigenvalue weighted by atomic mass is 9.52. The van der Waals surface area contributed by atoms with Gasteiger partial charge in [0.1, 0.15) is 5.82 Å². The van der Waals surface area contributed by atoms with Crippen LogP contribution in [0.5, 0.6) is 0 Å². The first-order chi connectivity index (χ1) is 15.7. The third-order valence-corrected chi connectivity index (χ3v) is 10.1. The summed E-state index contributed by atoms with van der Waals surface area (Å²) in [5.41, 5.74) is 6.20. The summed E-state index contributed by atoms with van der Waals surface area (Å²) in [7, 11) is 0. The van der Waals surface area contributed by atoms with Crippen molar-refractivity contribution in [2.75, 3.05) is 5.73 Å². The van der Waals surface area contributed by atoms with Gasteiger partial charge in [-0.2, -0.15) is 0 Å². The Bertz CT molecular complexity index is 1130. The number of benzene rings is 1. The van der Waals surface area contributed by atoms with Crippen LogP contribution in [0.3, 0.4) is 0 Å². The topological polar surface area (TPSA) is 99.6 Å². The minimum absolute atomic E-state index is 0.00188. The standard InChI is InChI=1S/C28H36N2O3/c1-26-11-12-27(32)16-20-15-21(31)4-2-17(20)8-10-28(27,33)24(26)7-6-23(26)19-3-5-22-18(14-19)9-13-30-25(22)29/h3,5-6,9,13-14,17,20-21,24,31-33H,2,4,7-8,10-12,15-16H2,1H3,(H2,29,30)/t17?,20?,21?,24?,26?,27?,28-/m0/s1. The first kappa shape index (κ1) is 21.6. The van der Waals surface area contributed by atoms with E-state index in [1.807, 2.05) is 6.07 Å². The Balaban J connectivity index is 1.35. The molecule has 0 bridgehead atoms. The van der Waals surface area contributed by atoms with Gasteiger partial charge >= 0.3 is 0 Å². The summed E-state index contributed by atoms with van der Waals surface area (Å²) in [5, 5.41) is 36.6. The van der Waals surface area contributed by atoms with Crippen LogP contribution >= 0.6 is 0 Å². The molecule has 1 aromatic carbocycles. The van der Waals surface area contributed by atoms with Gasteiger partial charge < -0.3 is 21.1 Å². The summed E-state index contributed by atoms with van der Waals surface area (Å²) in [5.74, 6) is 1.37. The number of anilines is 1. The number of nitrogens with two attached hydrogens (primary N) is 1. The highest BCUT2D eigenvalue weighted by atomic mass is 16.4. The Morgan fingerprint density at radius 3 is 2.73 bits per heavy atom. The summed E-state index contributed by atoms with van der Waals surface area (Å²) >= 11 is 0. The van der Waals surface area contributed by atoms with E-state index in [-0.39, 0.29) is 17.4 Å². The van der Waals surface area contributed by atoms with Crippen LogP contribution in [0.2, 0.25) is 0 Å². The fourth-order valence-electron chi connectivity index (χ4n) is 8.23. The Labute approximate surface area is 195 Å². The summed E-state index contributed by atoms with van der Waals surface area (Å²) in [4.78, 5) is 4.21. The fraction of sp³-hybridized carbons (Fsp3) is 0.607. The van der Waals surface area contributed by atoms with Gasteiger partial charge in [-0.15, -0.1) is 0 Å². The van der Waals surface area contributed by atoms with Crippen molar-refractivity contribution in [3.63, 3.8) is 0 Å². The molecule has 0 spiro atoms. The van der Waals surface area contributed by atoms with E-state index >= 15 is 0 Å². The first-order valence-corrected chi connectivity index (χ1v) is 12.7. The van der Waals surface area contributed by atoms with E-state index in [1.165, 1.54) is 11.1 Å². The van der Waals surface area contributed by atoms with Crippen LogP contribution < -0.4 is 5.73 Å². The third kappa shape index (κ3) is 3.05. The predicted octanol–water partition coefficient (Wildman–Crippen LogP) is 4.44. The maximum atomic E-state index is 12.3. The van der Waals surface area contributed by atoms with Gasteiger partial charge in [0.15, 0.2) is 0 Å². The maximum absolute atomic E-state index is 12.3. The molecule has 7 atom stereocenters. The second-order valence-corrected chi connectivity index (χ2v) is 11.6. The van der Waals surface area contributed by atoms with Gasteiger partial charge in [0, 0.05) is 17.5 Å². The van der Waals surface area contributed by atoms with Crippen molar-refractivity contribution in [2.24, 2.45) is 23.2 Å². The van der Waals surface area contributed by atoms with E-state index in [9.17, 15) is 15.3 Å². The summed E-state index contributed by atoms with van der Waals surface area (Å²) < 4.78 is 0. The molecule has 0 amide bonds. The number of allylic oxidation sites excluding steroid dienone is 2. The van der Waals surface area contributed by atoms with E-state index < -0.39 is 11.2 Å². The molecule has 176 valence electrons. The van der Waals surface area contributed by atoms with Crippen molar-refractivity contribution in [2.45, 2.75) is 82.0 Å². The Kier molecular flexibility index (Phi) is 4.75. The summed E-state index contributed by atoms with van der Waals surface area (Å²) in [6.45, 7) is 2.29. The molecule has 4 aliphatic carbocycles. The van der Waals surface area contributed by atoms with Crippen LogP contribution in [0.1, 0.15) is 70.3 Å². The number of fused-ring (bicyclic) bond motifs is 5. The van der Waals surface area contributed by atoms with Gasteiger partial charge in [0.05, 0.1) is 17.3 Å². The van der Waals surface area contributed by atoms with Gasteiger partial charge in [-0.3, -0.25) is 0 Å². The van der Waals surface area contributed by atoms with E-state index in [1.54, 1.807) is 6.20 Å². The molecule has 3 saturated carbocycles. The van der Waals surface area contributed by atoms with Crippen molar-refractivity contribution in [3.05, 3.63) is 42.1 Å². The van der Waals surface area contributed by atoms with Gasteiger partial charge in [-0.25, -0.2) is 4.98 Å². The lowest BCUT2D eigenvalue weighted by Crippen LogP contribution is -2.64. The van der Waals surface area contributed by atoms with Crippen LogP contribution in [0.4, 0.5) is 5.82 Å². The Morgan fingerprint density at radius 1 is 1.03 bits per heavy atom. The number of pyridine rings is 1. The monoisotopic (exact) mass is 448 g/mol. The molecule has 0 saturated heterocycles.